The van der Waals surface area contributed by atoms with Gasteiger partial charge >= 0.3 is 5.97 Å². The molecule has 1 aromatic rings. The third-order valence-corrected chi connectivity index (χ3v) is 4.13. The van der Waals surface area contributed by atoms with Gasteiger partial charge in [-0.2, -0.15) is 0 Å². The van der Waals surface area contributed by atoms with Crippen LogP contribution in [0.25, 0.3) is 0 Å². The van der Waals surface area contributed by atoms with Gasteiger partial charge in [0.2, 0.25) is 10.0 Å². The normalized spacial score (nSPS) is 11.5. The van der Waals surface area contributed by atoms with E-state index < -0.39 is 35.0 Å². The monoisotopic (exact) mass is 374 g/mol. The zero-order valence-corrected chi connectivity index (χ0v) is 14.0. The molecule has 132 valence electrons. The highest BCUT2D eigenvalue weighted by atomic mass is 35.5. The summed E-state index contributed by atoms with van der Waals surface area (Å²) in [6.45, 7) is -2.14. The molecule has 0 bridgehead atoms. The maximum absolute atomic E-state index is 13.1. The molecule has 0 saturated heterocycles. The van der Waals surface area contributed by atoms with Crippen molar-refractivity contribution >= 4 is 28.4 Å². The Kier molecular flexibility index (Phi) is 7.84. The van der Waals surface area contributed by atoms with Crippen LogP contribution in [0.4, 0.5) is 8.78 Å². The Labute approximate surface area is 138 Å². The van der Waals surface area contributed by atoms with E-state index in [1.807, 2.05) is 0 Å². The fraction of sp³-hybridized carbons (Fsp3) is 0.417. The predicted octanol–water partition coefficient (Wildman–Crippen LogP) is 0.776. The number of halogens is 3. The molecular formula is C12H17ClF2N2O5S. The quantitative estimate of drug-likeness (QED) is 0.683. The molecule has 11 heteroatoms. The number of esters is 1. The van der Waals surface area contributed by atoms with E-state index in [9.17, 15) is 22.0 Å². The Morgan fingerprint density at radius 1 is 1.35 bits per heavy atom. The number of ether oxygens (including phenoxy) is 2. The van der Waals surface area contributed by atoms with Crippen LogP contribution in [0.1, 0.15) is 10.4 Å². The fourth-order valence-corrected chi connectivity index (χ4v) is 2.70. The van der Waals surface area contributed by atoms with Gasteiger partial charge in [0.25, 0.3) is 5.92 Å². The Morgan fingerprint density at radius 3 is 2.43 bits per heavy atom. The molecule has 0 aliphatic rings. The SMILES string of the molecule is COC(=O)c1ccc(S(=O)(=O)NCC(F)(F)CN)c(OC)c1.Cl. The molecule has 0 radical (unpaired) electrons. The van der Waals surface area contributed by atoms with Gasteiger partial charge in [-0.15, -0.1) is 12.4 Å². The van der Waals surface area contributed by atoms with E-state index in [2.05, 4.69) is 4.74 Å². The maximum atomic E-state index is 13.1. The molecule has 3 N–H and O–H groups in total. The van der Waals surface area contributed by atoms with Crippen LogP contribution in [0.3, 0.4) is 0 Å². The van der Waals surface area contributed by atoms with Gasteiger partial charge in [0.15, 0.2) is 0 Å². The third-order valence-electron chi connectivity index (χ3n) is 2.69. The first-order chi connectivity index (χ1) is 10.2. The Balaban J connectivity index is 0.00000484. The standard InChI is InChI=1S/C12H16F2N2O5S.ClH/c1-20-9-5-8(11(17)21-2)3-4-10(9)22(18,19)16-7-12(13,14)6-15;/h3-5,16H,6-7,15H2,1-2H3;1H. The fourth-order valence-electron chi connectivity index (χ4n) is 1.48. The molecule has 0 aromatic heterocycles. The molecule has 23 heavy (non-hydrogen) atoms. The van der Waals surface area contributed by atoms with E-state index in [1.54, 1.807) is 4.72 Å². The van der Waals surface area contributed by atoms with Gasteiger partial charge in [0.1, 0.15) is 10.6 Å². The molecule has 0 saturated carbocycles. The summed E-state index contributed by atoms with van der Waals surface area (Å²) in [5.74, 6) is -4.23. The number of sulfonamides is 1. The number of carbonyl (C=O) groups excluding carboxylic acids is 1. The van der Waals surface area contributed by atoms with Crippen LogP contribution in [0, 0.1) is 0 Å². The highest BCUT2D eigenvalue weighted by Crippen LogP contribution is 2.25. The summed E-state index contributed by atoms with van der Waals surface area (Å²) in [6, 6.07) is 3.39. The number of benzene rings is 1. The lowest BCUT2D eigenvalue weighted by Crippen LogP contribution is -2.41. The summed E-state index contributed by atoms with van der Waals surface area (Å²) < 4.78 is 61.3. The van der Waals surface area contributed by atoms with Crippen LogP contribution in [-0.4, -0.2) is 47.6 Å². The number of hydrogen-bond donors (Lipinski definition) is 2. The first kappa shape index (κ1) is 21.5. The maximum Gasteiger partial charge on any atom is 0.337 e. The van der Waals surface area contributed by atoms with E-state index in [-0.39, 0.29) is 28.6 Å². The van der Waals surface area contributed by atoms with Crippen LogP contribution >= 0.6 is 12.4 Å². The van der Waals surface area contributed by atoms with Gasteiger partial charge < -0.3 is 15.2 Å². The zero-order valence-electron chi connectivity index (χ0n) is 12.3. The highest BCUT2D eigenvalue weighted by molar-refractivity contribution is 7.89. The lowest BCUT2D eigenvalue weighted by Gasteiger charge is -2.16. The predicted molar refractivity (Wildman–Crippen MR) is 80.8 cm³/mol. The van der Waals surface area contributed by atoms with Gasteiger partial charge in [-0.25, -0.2) is 26.7 Å². The molecule has 0 atom stereocenters. The van der Waals surface area contributed by atoms with E-state index in [0.29, 0.717) is 0 Å². The number of hydrogen-bond acceptors (Lipinski definition) is 6. The van der Waals surface area contributed by atoms with E-state index >= 15 is 0 Å². The van der Waals surface area contributed by atoms with E-state index in [1.165, 1.54) is 13.2 Å². The van der Waals surface area contributed by atoms with Gasteiger partial charge in [0, 0.05) is 0 Å². The van der Waals surface area contributed by atoms with Crippen molar-refractivity contribution in [2.45, 2.75) is 10.8 Å². The first-order valence-electron chi connectivity index (χ1n) is 6.01. The second-order valence-corrected chi connectivity index (χ2v) is 5.98. The number of nitrogens with two attached hydrogens (primary N) is 1. The number of carbonyl (C=O) groups is 1. The van der Waals surface area contributed by atoms with Gasteiger partial charge in [0.05, 0.1) is 32.9 Å². The Bertz CT molecular complexity index is 655. The van der Waals surface area contributed by atoms with Crippen molar-refractivity contribution in [2.24, 2.45) is 5.73 Å². The lowest BCUT2D eigenvalue weighted by atomic mass is 10.2. The van der Waals surface area contributed by atoms with Crippen molar-refractivity contribution in [1.82, 2.24) is 4.72 Å². The van der Waals surface area contributed by atoms with Crippen molar-refractivity contribution in [3.8, 4) is 5.75 Å². The van der Waals surface area contributed by atoms with Crippen molar-refractivity contribution in [2.75, 3.05) is 27.3 Å². The van der Waals surface area contributed by atoms with Crippen molar-refractivity contribution < 1.29 is 31.5 Å². The molecule has 0 fully saturated rings. The lowest BCUT2D eigenvalue weighted by molar-refractivity contribution is 0.0170. The number of nitrogens with one attached hydrogen (secondary N) is 1. The largest absolute Gasteiger partial charge is 0.495 e. The van der Waals surface area contributed by atoms with Gasteiger partial charge in [-0.1, -0.05) is 0 Å². The molecule has 0 heterocycles. The average Bonchev–Trinajstić information content (AvgIpc) is 2.51. The molecule has 0 aliphatic heterocycles. The summed E-state index contributed by atoms with van der Waals surface area (Å²) in [5, 5.41) is 0. The van der Waals surface area contributed by atoms with Crippen LogP contribution in [0.15, 0.2) is 23.1 Å². The van der Waals surface area contributed by atoms with Crippen LogP contribution in [0.5, 0.6) is 5.75 Å². The first-order valence-corrected chi connectivity index (χ1v) is 7.49. The third kappa shape index (κ3) is 5.57. The Morgan fingerprint density at radius 2 is 1.96 bits per heavy atom. The number of methoxy groups -OCH3 is 2. The minimum Gasteiger partial charge on any atom is -0.495 e. The summed E-state index contributed by atoms with van der Waals surface area (Å²) in [7, 11) is -1.91. The zero-order chi connectivity index (χ0) is 17.0. The molecule has 1 aromatic carbocycles. The molecular weight excluding hydrogens is 358 g/mol. The van der Waals surface area contributed by atoms with Crippen molar-refractivity contribution in [3.05, 3.63) is 23.8 Å². The minimum atomic E-state index is -4.26. The Hall–Kier alpha value is -1.49. The highest BCUT2D eigenvalue weighted by Gasteiger charge is 2.30. The van der Waals surface area contributed by atoms with Crippen molar-refractivity contribution in [1.29, 1.82) is 0 Å². The molecule has 1 rings (SSSR count). The molecule has 0 amide bonds. The molecule has 7 nitrogen and oxygen atoms in total. The van der Waals surface area contributed by atoms with Crippen LogP contribution in [-0.2, 0) is 14.8 Å². The summed E-state index contributed by atoms with van der Waals surface area (Å²) >= 11 is 0. The average molecular weight is 375 g/mol. The second kappa shape index (κ2) is 8.39. The molecule has 0 spiro atoms. The van der Waals surface area contributed by atoms with Gasteiger partial charge in [-0.3, -0.25) is 0 Å². The number of alkyl halides is 2. The topological polar surface area (TPSA) is 108 Å². The van der Waals surface area contributed by atoms with E-state index in [4.69, 9.17) is 10.5 Å². The summed E-state index contributed by atoms with van der Waals surface area (Å²) in [6.07, 6.45) is 0. The van der Waals surface area contributed by atoms with Crippen molar-refractivity contribution in [3.63, 3.8) is 0 Å². The van der Waals surface area contributed by atoms with Crippen LogP contribution in [0.2, 0.25) is 0 Å². The molecule has 0 unspecified atom stereocenters. The van der Waals surface area contributed by atoms with Gasteiger partial charge in [-0.05, 0) is 18.2 Å². The number of rotatable bonds is 7. The van der Waals surface area contributed by atoms with E-state index in [0.717, 1.165) is 19.2 Å². The summed E-state index contributed by atoms with van der Waals surface area (Å²) in [4.78, 5) is 11.0. The summed E-state index contributed by atoms with van der Waals surface area (Å²) in [5.41, 5.74) is 4.90. The smallest absolute Gasteiger partial charge is 0.337 e. The molecule has 0 aliphatic carbocycles. The second-order valence-electron chi connectivity index (χ2n) is 4.24. The minimum absolute atomic E-state index is 0. The van der Waals surface area contributed by atoms with Crippen LogP contribution < -0.4 is 15.2 Å².